The van der Waals surface area contributed by atoms with Crippen LogP contribution < -0.4 is 14.8 Å². The minimum absolute atomic E-state index is 0.0681. The van der Waals surface area contributed by atoms with Gasteiger partial charge in [0.25, 0.3) is 0 Å². The molecule has 0 saturated carbocycles. The molecular formula is C20H20N2O3. The minimum atomic E-state index is 0.0681. The summed E-state index contributed by atoms with van der Waals surface area (Å²) in [6.07, 6.45) is 3.28. The molecule has 2 heterocycles. The van der Waals surface area contributed by atoms with E-state index in [1.165, 1.54) is 5.39 Å². The maximum atomic E-state index is 12.1. The van der Waals surface area contributed by atoms with E-state index < -0.39 is 0 Å². The number of rotatable bonds is 6. The molecule has 0 spiro atoms. The topological polar surface area (TPSA) is 52.5 Å². The van der Waals surface area contributed by atoms with Crippen molar-refractivity contribution in [2.45, 2.75) is 19.4 Å². The lowest BCUT2D eigenvalue weighted by Crippen LogP contribution is -2.26. The molecule has 25 heavy (non-hydrogen) atoms. The number of aromatic nitrogens is 1. The van der Waals surface area contributed by atoms with Crippen LogP contribution in [0, 0.1) is 0 Å². The van der Waals surface area contributed by atoms with E-state index in [4.69, 9.17) is 9.47 Å². The van der Waals surface area contributed by atoms with Gasteiger partial charge >= 0.3 is 0 Å². The second kappa shape index (κ2) is 6.89. The first-order valence-electron chi connectivity index (χ1n) is 8.49. The van der Waals surface area contributed by atoms with Crippen LogP contribution in [0.5, 0.6) is 11.5 Å². The Bertz CT molecular complexity index is 901. The van der Waals surface area contributed by atoms with Crippen LogP contribution in [-0.2, 0) is 17.8 Å². The smallest absolute Gasteiger partial charge is 0.231 e. The molecule has 0 saturated heterocycles. The van der Waals surface area contributed by atoms with Gasteiger partial charge in [0, 0.05) is 31.2 Å². The Labute approximate surface area is 146 Å². The highest BCUT2D eigenvalue weighted by Gasteiger charge is 2.13. The zero-order chi connectivity index (χ0) is 17.1. The van der Waals surface area contributed by atoms with E-state index in [0.29, 0.717) is 19.5 Å². The lowest BCUT2D eigenvalue weighted by atomic mass is 10.1. The molecule has 0 aliphatic carbocycles. The van der Waals surface area contributed by atoms with Gasteiger partial charge in [0.1, 0.15) is 0 Å². The van der Waals surface area contributed by atoms with Crippen molar-refractivity contribution in [1.82, 2.24) is 9.88 Å². The zero-order valence-corrected chi connectivity index (χ0v) is 13.9. The number of para-hydroxylation sites is 1. The quantitative estimate of drug-likeness (QED) is 0.752. The third-order valence-corrected chi connectivity index (χ3v) is 4.43. The van der Waals surface area contributed by atoms with Gasteiger partial charge in [-0.3, -0.25) is 4.79 Å². The highest BCUT2D eigenvalue weighted by Crippen LogP contribution is 2.32. The van der Waals surface area contributed by atoms with Gasteiger partial charge in [-0.05, 0) is 41.6 Å². The molecule has 2 aromatic carbocycles. The minimum Gasteiger partial charge on any atom is -0.454 e. The average molecular weight is 336 g/mol. The zero-order valence-electron chi connectivity index (χ0n) is 13.9. The van der Waals surface area contributed by atoms with E-state index >= 15 is 0 Å². The number of aryl methyl sites for hydroxylation is 1. The van der Waals surface area contributed by atoms with Crippen molar-refractivity contribution in [2.75, 3.05) is 13.3 Å². The number of nitrogens with zero attached hydrogens (tertiary/aromatic N) is 1. The van der Waals surface area contributed by atoms with E-state index in [1.54, 1.807) is 0 Å². The summed E-state index contributed by atoms with van der Waals surface area (Å²) < 4.78 is 12.8. The summed E-state index contributed by atoms with van der Waals surface area (Å²) in [6, 6.07) is 16.2. The largest absolute Gasteiger partial charge is 0.454 e. The second-order valence-electron chi connectivity index (χ2n) is 6.11. The molecule has 0 unspecified atom stereocenters. The Morgan fingerprint density at radius 2 is 1.96 bits per heavy atom. The van der Waals surface area contributed by atoms with Gasteiger partial charge < -0.3 is 19.4 Å². The number of hydrogen-bond donors (Lipinski definition) is 1. The fourth-order valence-corrected chi connectivity index (χ4v) is 3.09. The van der Waals surface area contributed by atoms with Crippen LogP contribution >= 0.6 is 0 Å². The van der Waals surface area contributed by atoms with Gasteiger partial charge in [0.05, 0.1) is 0 Å². The Hall–Kier alpha value is -2.95. The summed E-state index contributed by atoms with van der Waals surface area (Å²) in [5, 5.41) is 4.18. The molecule has 3 aromatic rings. The fourth-order valence-electron chi connectivity index (χ4n) is 3.09. The van der Waals surface area contributed by atoms with E-state index in [9.17, 15) is 4.79 Å². The normalized spacial score (nSPS) is 12.5. The number of hydrogen-bond acceptors (Lipinski definition) is 3. The molecule has 5 heteroatoms. The first-order chi connectivity index (χ1) is 12.3. The number of amides is 1. The van der Waals surface area contributed by atoms with E-state index in [-0.39, 0.29) is 12.7 Å². The van der Waals surface area contributed by atoms with E-state index in [0.717, 1.165) is 29.0 Å². The van der Waals surface area contributed by atoms with Gasteiger partial charge in [0.2, 0.25) is 12.7 Å². The third-order valence-electron chi connectivity index (χ3n) is 4.43. The van der Waals surface area contributed by atoms with E-state index in [1.807, 2.05) is 36.5 Å². The Kier molecular flexibility index (Phi) is 4.29. The van der Waals surface area contributed by atoms with Gasteiger partial charge in [-0.1, -0.05) is 24.3 Å². The first-order valence-corrected chi connectivity index (χ1v) is 8.49. The highest BCUT2D eigenvalue weighted by molar-refractivity contribution is 5.80. The van der Waals surface area contributed by atoms with Crippen molar-refractivity contribution in [3.63, 3.8) is 0 Å². The van der Waals surface area contributed by atoms with Crippen LogP contribution in [0.4, 0.5) is 0 Å². The number of ether oxygens (including phenoxy) is 2. The molecule has 0 bridgehead atoms. The van der Waals surface area contributed by atoms with Crippen molar-refractivity contribution in [3.05, 3.63) is 60.3 Å². The van der Waals surface area contributed by atoms with Gasteiger partial charge in [0.15, 0.2) is 11.5 Å². The Morgan fingerprint density at radius 3 is 2.92 bits per heavy atom. The predicted octanol–water partition coefficient (Wildman–Crippen LogP) is 3.12. The van der Waals surface area contributed by atoms with Gasteiger partial charge in [-0.15, -0.1) is 0 Å². The number of fused-ring (bicyclic) bond motifs is 2. The molecule has 128 valence electrons. The standard InChI is InChI=1S/C20H20N2O3/c23-20(9-12-22-11-8-16-3-1-2-4-17(16)22)21-10-7-15-5-6-18-19(13-15)25-14-24-18/h1-6,8,11,13H,7,9-10,12,14H2,(H,21,23). The van der Waals surface area contributed by atoms with Crippen molar-refractivity contribution in [1.29, 1.82) is 0 Å². The predicted molar refractivity (Wildman–Crippen MR) is 95.8 cm³/mol. The van der Waals surface area contributed by atoms with Crippen molar-refractivity contribution < 1.29 is 14.3 Å². The van der Waals surface area contributed by atoms with Crippen LogP contribution in [-0.4, -0.2) is 23.8 Å². The first kappa shape index (κ1) is 15.6. The molecule has 1 aliphatic rings. The molecule has 0 fully saturated rings. The van der Waals surface area contributed by atoms with Crippen LogP contribution in [0.2, 0.25) is 0 Å². The van der Waals surface area contributed by atoms with Gasteiger partial charge in [-0.2, -0.15) is 0 Å². The Morgan fingerprint density at radius 1 is 1.08 bits per heavy atom. The molecule has 1 aliphatic heterocycles. The molecule has 0 atom stereocenters. The molecular weight excluding hydrogens is 316 g/mol. The van der Waals surface area contributed by atoms with Crippen LogP contribution in [0.15, 0.2) is 54.7 Å². The Balaban J connectivity index is 1.25. The summed E-state index contributed by atoms with van der Waals surface area (Å²) in [5.74, 6) is 1.63. The number of benzene rings is 2. The van der Waals surface area contributed by atoms with Crippen molar-refractivity contribution in [2.24, 2.45) is 0 Å². The number of carbonyl (C=O) groups excluding carboxylic acids is 1. The molecule has 1 N–H and O–H groups in total. The lowest BCUT2D eigenvalue weighted by Gasteiger charge is -2.08. The average Bonchev–Trinajstić information content (AvgIpc) is 3.26. The van der Waals surface area contributed by atoms with Crippen LogP contribution in [0.1, 0.15) is 12.0 Å². The highest BCUT2D eigenvalue weighted by atomic mass is 16.7. The van der Waals surface area contributed by atoms with Crippen LogP contribution in [0.25, 0.3) is 10.9 Å². The van der Waals surface area contributed by atoms with E-state index in [2.05, 4.69) is 28.1 Å². The summed E-state index contributed by atoms with van der Waals surface area (Å²) >= 11 is 0. The molecule has 1 aromatic heterocycles. The maximum Gasteiger partial charge on any atom is 0.231 e. The molecule has 0 radical (unpaired) electrons. The number of nitrogens with one attached hydrogen (secondary N) is 1. The maximum absolute atomic E-state index is 12.1. The summed E-state index contributed by atoms with van der Waals surface area (Å²) in [4.78, 5) is 12.1. The summed E-state index contributed by atoms with van der Waals surface area (Å²) in [6.45, 7) is 1.58. The van der Waals surface area contributed by atoms with Crippen molar-refractivity contribution in [3.8, 4) is 11.5 Å². The van der Waals surface area contributed by atoms with Gasteiger partial charge in [-0.25, -0.2) is 0 Å². The lowest BCUT2D eigenvalue weighted by molar-refractivity contribution is -0.121. The molecule has 1 amide bonds. The second-order valence-corrected chi connectivity index (χ2v) is 6.11. The van der Waals surface area contributed by atoms with Crippen LogP contribution in [0.3, 0.4) is 0 Å². The van der Waals surface area contributed by atoms with Crippen molar-refractivity contribution >= 4 is 16.8 Å². The fraction of sp³-hybridized carbons (Fsp3) is 0.250. The monoisotopic (exact) mass is 336 g/mol. The summed E-state index contributed by atoms with van der Waals surface area (Å²) in [5.41, 5.74) is 2.29. The third kappa shape index (κ3) is 3.45. The SMILES string of the molecule is O=C(CCn1ccc2ccccc21)NCCc1ccc2c(c1)OCO2. The number of carbonyl (C=O) groups is 1. The molecule has 4 rings (SSSR count). The molecule has 5 nitrogen and oxygen atoms in total. The summed E-state index contributed by atoms with van der Waals surface area (Å²) in [7, 11) is 0.